The molecule has 0 fully saturated rings. The summed E-state index contributed by atoms with van der Waals surface area (Å²) in [7, 11) is 9.44. The van der Waals surface area contributed by atoms with Gasteiger partial charge in [0.15, 0.2) is 0 Å². The quantitative estimate of drug-likeness (QED) is 0.134. The minimum absolute atomic E-state index is 0.995. The van der Waals surface area contributed by atoms with Gasteiger partial charge in [-0.05, 0) is 210 Å². The normalized spacial score (nSPS) is 13.8. The van der Waals surface area contributed by atoms with Gasteiger partial charge in [0.25, 0.3) is 0 Å². The fraction of sp³-hybridized carbons (Fsp3) is 0.148. The summed E-state index contributed by atoms with van der Waals surface area (Å²) in [5, 5.41) is 5.67. The highest BCUT2D eigenvalue weighted by atomic mass is 14.3. The summed E-state index contributed by atoms with van der Waals surface area (Å²) in [5.41, 5.74) is 36.9. The Morgan fingerprint density at radius 2 is 0.931 bits per heavy atom. The summed E-state index contributed by atoms with van der Waals surface area (Å²) in [6, 6.07) is 33.8. The lowest BCUT2D eigenvalue weighted by atomic mass is 9.65. The van der Waals surface area contributed by atoms with Gasteiger partial charge in [0, 0.05) is 0 Å². The van der Waals surface area contributed by atoms with E-state index in [1.54, 1.807) is 0 Å². The van der Waals surface area contributed by atoms with Crippen molar-refractivity contribution in [3.05, 3.63) is 158 Å². The van der Waals surface area contributed by atoms with E-state index in [0.717, 1.165) is 25.7 Å². The molecule has 12 rings (SSSR count). The van der Waals surface area contributed by atoms with Crippen molar-refractivity contribution in [2.45, 2.75) is 53.4 Å². The van der Waals surface area contributed by atoms with Crippen molar-refractivity contribution in [2.24, 2.45) is 0 Å². The van der Waals surface area contributed by atoms with Gasteiger partial charge in [-0.3, -0.25) is 0 Å². The second-order valence-electron chi connectivity index (χ2n) is 18.1. The summed E-state index contributed by atoms with van der Waals surface area (Å²) in [6.45, 7) is 9.53. The van der Waals surface area contributed by atoms with Gasteiger partial charge in [-0.1, -0.05) is 101 Å². The molecule has 0 spiro atoms. The average Bonchev–Trinajstić information content (AvgIpc) is 4.03. The highest BCUT2D eigenvalue weighted by Gasteiger charge is 2.31. The number of aryl methyl sites for hydroxylation is 3. The van der Waals surface area contributed by atoms with Crippen molar-refractivity contribution in [1.82, 2.24) is 0 Å². The molecule has 0 radical (unpaired) electrons. The maximum Gasteiger partial charge on any atom is 0.140 e. The van der Waals surface area contributed by atoms with Crippen molar-refractivity contribution in [1.29, 1.82) is 0 Å². The zero-order chi connectivity index (χ0) is 39.5. The highest BCUT2D eigenvalue weighted by molar-refractivity contribution is 6.62. The molecule has 0 nitrogen and oxygen atoms in total. The lowest BCUT2D eigenvalue weighted by molar-refractivity contribution is 1.23. The first-order chi connectivity index (χ1) is 28.1. The van der Waals surface area contributed by atoms with E-state index in [9.17, 15) is 0 Å². The van der Waals surface area contributed by atoms with Gasteiger partial charge < -0.3 is 0 Å². The zero-order valence-corrected chi connectivity index (χ0v) is 35.1. The minimum atomic E-state index is 0.995. The van der Waals surface area contributed by atoms with Crippen LogP contribution in [-0.4, -0.2) is 31.4 Å². The molecule has 0 bridgehead atoms. The van der Waals surface area contributed by atoms with Crippen LogP contribution >= 0.6 is 0 Å². The fourth-order valence-electron chi connectivity index (χ4n) is 11.8. The van der Waals surface area contributed by atoms with Crippen LogP contribution in [0.4, 0.5) is 0 Å². The molecule has 4 aliphatic rings. The molecule has 58 heavy (non-hydrogen) atoms. The third kappa shape index (κ3) is 4.42. The average molecular weight is 736 g/mol. The van der Waals surface area contributed by atoms with Gasteiger partial charge in [-0.2, -0.15) is 0 Å². The second-order valence-corrected chi connectivity index (χ2v) is 18.1. The molecule has 272 valence electrons. The Hall–Kier alpha value is -5.72. The predicted molar refractivity (Wildman–Crippen MR) is 261 cm³/mol. The van der Waals surface area contributed by atoms with Gasteiger partial charge in [-0.15, -0.1) is 5.46 Å². The predicted octanol–water partition coefficient (Wildman–Crippen LogP) is 6.88. The second kappa shape index (κ2) is 11.9. The smallest absolute Gasteiger partial charge is 0.100 e. The van der Waals surface area contributed by atoms with Crippen molar-refractivity contribution in [2.75, 3.05) is 0 Å². The first kappa shape index (κ1) is 34.3. The van der Waals surface area contributed by atoms with Crippen molar-refractivity contribution >= 4 is 80.9 Å². The van der Waals surface area contributed by atoms with Gasteiger partial charge >= 0.3 is 0 Å². The molecule has 0 atom stereocenters. The van der Waals surface area contributed by atoms with E-state index < -0.39 is 0 Å². The van der Waals surface area contributed by atoms with Crippen LogP contribution in [0, 0.1) is 27.7 Å². The highest BCUT2D eigenvalue weighted by Crippen LogP contribution is 2.52. The first-order valence-corrected chi connectivity index (χ1v) is 21.4. The van der Waals surface area contributed by atoms with Crippen LogP contribution in [0.5, 0.6) is 0 Å². The topological polar surface area (TPSA) is 0 Å². The lowest BCUT2D eigenvalue weighted by Gasteiger charge is -2.28. The van der Waals surface area contributed by atoms with Crippen molar-refractivity contribution < 1.29 is 0 Å². The number of fused-ring (bicyclic) bond motifs is 13. The molecule has 0 saturated carbocycles. The van der Waals surface area contributed by atoms with Crippen LogP contribution in [0.25, 0.3) is 83.3 Å². The van der Waals surface area contributed by atoms with Crippen LogP contribution < -0.4 is 21.9 Å². The van der Waals surface area contributed by atoms with Crippen LogP contribution in [0.1, 0.15) is 66.8 Å². The Kier molecular flexibility index (Phi) is 7.06. The van der Waals surface area contributed by atoms with Gasteiger partial charge in [0.2, 0.25) is 0 Å². The van der Waals surface area contributed by atoms with E-state index >= 15 is 0 Å². The van der Waals surface area contributed by atoms with E-state index in [-0.39, 0.29) is 0 Å². The summed E-state index contributed by atoms with van der Waals surface area (Å²) < 4.78 is 0. The standard InChI is InChI=1S/C54H44B4/c1-25-26(2)51(55)27(3)44-43(25)48(36-14-12-32-21-38-18-29-9-7-10-30(29)22-41(38)40(32)23-36)45-28(4)52(56)54(58)53(57)50(45)49(44)37-15-13-33-20-35-17-16-34-19-31-8-5-6-11-39(31)46(34)47(35)42(33)24-37/h5-9,11-18,22-24H,10,19-21,55-58H2,1-4H3. The first-order valence-electron chi connectivity index (χ1n) is 21.4. The number of benzene rings is 8. The van der Waals surface area contributed by atoms with E-state index in [1.807, 2.05) is 0 Å². The molecule has 8 aromatic carbocycles. The SMILES string of the molecule is Bc1c(B)c(C)c2c(-c3ccc4c(c3)-c3cc5c(cc3C4)C=CC5)c3c(C)c(C)c(B)c(C)c3c(-c3ccc4c(c3)-c3c(ccc5c3-c3ccccc3C5)C4)c2c1B. The molecule has 0 amide bonds. The third-order valence-electron chi connectivity index (χ3n) is 15.5. The Morgan fingerprint density at radius 3 is 1.69 bits per heavy atom. The van der Waals surface area contributed by atoms with Crippen LogP contribution in [0.2, 0.25) is 0 Å². The Balaban J connectivity index is 1.19. The maximum atomic E-state index is 2.59. The number of hydrogen-bond donors (Lipinski definition) is 0. The summed E-state index contributed by atoms with van der Waals surface area (Å²) >= 11 is 0. The monoisotopic (exact) mass is 736 g/mol. The van der Waals surface area contributed by atoms with Gasteiger partial charge in [-0.25, -0.2) is 0 Å². The third-order valence-corrected chi connectivity index (χ3v) is 15.5. The number of rotatable bonds is 2. The zero-order valence-electron chi connectivity index (χ0n) is 35.1. The Morgan fingerprint density at radius 1 is 0.379 bits per heavy atom. The molecule has 0 aromatic heterocycles. The van der Waals surface area contributed by atoms with E-state index in [2.05, 4.69) is 156 Å². The van der Waals surface area contributed by atoms with Crippen molar-refractivity contribution in [3.63, 3.8) is 0 Å². The molecular weight excluding hydrogens is 692 g/mol. The molecule has 0 unspecified atom stereocenters. The van der Waals surface area contributed by atoms with E-state index in [1.165, 1.54) is 166 Å². The summed E-state index contributed by atoms with van der Waals surface area (Å²) in [4.78, 5) is 0. The molecule has 0 heterocycles. The van der Waals surface area contributed by atoms with Gasteiger partial charge in [0.05, 0.1) is 0 Å². The molecular formula is C54H44B4. The summed E-state index contributed by atoms with van der Waals surface area (Å²) in [6.07, 6.45) is 8.68. The van der Waals surface area contributed by atoms with Crippen LogP contribution in [0.3, 0.4) is 0 Å². The minimum Gasteiger partial charge on any atom is -0.100 e. The van der Waals surface area contributed by atoms with Gasteiger partial charge in [0.1, 0.15) is 31.4 Å². The molecule has 0 N–H and O–H groups in total. The summed E-state index contributed by atoms with van der Waals surface area (Å²) in [5.74, 6) is 0. The molecule has 0 aliphatic heterocycles. The molecule has 4 heteroatoms. The largest absolute Gasteiger partial charge is 0.140 e. The Labute approximate surface area is 346 Å². The van der Waals surface area contributed by atoms with E-state index in [0.29, 0.717) is 0 Å². The molecule has 4 aliphatic carbocycles. The number of allylic oxidation sites excluding steroid dienone is 1. The van der Waals surface area contributed by atoms with E-state index in [4.69, 9.17) is 0 Å². The number of hydrogen-bond acceptors (Lipinski definition) is 0. The van der Waals surface area contributed by atoms with Crippen molar-refractivity contribution in [3.8, 4) is 55.6 Å². The molecule has 8 aromatic rings. The van der Waals surface area contributed by atoms with Crippen LogP contribution in [0.15, 0.2) is 91.0 Å². The molecule has 0 saturated heterocycles. The Bertz CT molecular complexity index is 3220. The lowest BCUT2D eigenvalue weighted by Crippen LogP contribution is -2.41. The van der Waals surface area contributed by atoms with Crippen LogP contribution in [-0.2, 0) is 25.7 Å². The maximum absolute atomic E-state index is 2.59. The fourth-order valence-corrected chi connectivity index (χ4v) is 11.8.